The molecule has 0 saturated heterocycles. The Morgan fingerprint density at radius 2 is 1.62 bits per heavy atom. The lowest BCUT2D eigenvalue weighted by Crippen LogP contribution is -2.29. The molecule has 2 aromatic carbocycles. The fourth-order valence-corrected chi connectivity index (χ4v) is 2.39. The van der Waals surface area contributed by atoms with Gasteiger partial charge in [0.15, 0.2) is 11.5 Å². The van der Waals surface area contributed by atoms with E-state index in [9.17, 15) is 9.59 Å². The van der Waals surface area contributed by atoms with E-state index in [1.165, 1.54) is 14.2 Å². The van der Waals surface area contributed by atoms with E-state index in [0.29, 0.717) is 47.6 Å². The van der Waals surface area contributed by atoms with E-state index in [2.05, 4.69) is 10.6 Å². The van der Waals surface area contributed by atoms with Gasteiger partial charge in [0.25, 0.3) is 0 Å². The number of carbonyl (C=O) groups is 2. The summed E-state index contributed by atoms with van der Waals surface area (Å²) in [6, 6.07) is 9.76. The first-order valence-electron chi connectivity index (χ1n) is 7.84. The van der Waals surface area contributed by atoms with E-state index < -0.39 is 11.8 Å². The molecule has 1 heterocycles. The summed E-state index contributed by atoms with van der Waals surface area (Å²) in [6.07, 6.45) is 0. The Morgan fingerprint density at radius 3 is 2.35 bits per heavy atom. The normalized spacial score (nSPS) is 12.1. The number of hydrogen-bond acceptors (Lipinski definition) is 6. The van der Waals surface area contributed by atoms with Crippen LogP contribution in [0.25, 0.3) is 0 Å². The van der Waals surface area contributed by atoms with Gasteiger partial charge in [-0.3, -0.25) is 9.59 Å². The Labute approximate surface area is 150 Å². The third-order valence-electron chi connectivity index (χ3n) is 3.66. The summed E-state index contributed by atoms with van der Waals surface area (Å²) in [7, 11) is 2.98. The minimum atomic E-state index is -0.830. The first-order chi connectivity index (χ1) is 12.6. The average Bonchev–Trinajstić information content (AvgIpc) is 2.68. The highest BCUT2D eigenvalue weighted by atomic mass is 16.6. The molecule has 0 radical (unpaired) electrons. The second-order valence-electron chi connectivity index (χ2n) is 5.33. The third kappa shape index (κ3) is 3.80. The van der Waals surface area contributed by atoms with Gasteiger partial charge in [0.05, 0.1) is 19.9 Å². The molecule has 3 rings (SSSR count). The molecular weight excluding hydrogens is 340 g/mol. The summed E-state index contributed by atoms with van der Waals surface area (Å²) >= 11 is 0. The molecule has 2 aromatic rings. The van der Waals surface area contributed by atoms with E-state index in [-0.39, 0.29) is 0 Å². The third-order valence-corrected chi connectivity index (χ3v) is 3.66. The molecule has 0 spiro atoms. The van der Waals surface area contributed by atoms with Gasteiger partial charge in [-0.1, -0.05) is 0 Å². The van der Waals surface area contributed by atoms with Crippen LogP contribution in [0, 0.1) is 0 Å². The predicted molar refractivity (Wildman–Crippen MR) is 94.2 cm³/mol. The number of benzene rings is 2. The van der Waals surface area contributed by atoms with Crippen LogP contribution in [-0.4, -0.2) is 39.2 Å². The maximum atomic E-state index is 12.2. The Balaban J connectivity index is 1.68. The van der Waals surface area contributed by atoms with Crippen LogP contribution in [0.5, 0.6) is 23.0 Å². The van der Waals surface area contributed by atoms with Crippen LogP contribution in [0.2, 0.25) is 0 Å². The van der Waals surface area contributed by atoms with Gasteiger partial charge in [-0.2, -0.15) is 0 Å². The minimum Gasteiger partial charge on any atom is -0.497 e. The Kier molecular flexibility index (Phi) is 5.12. The van der Waals surface area contributed by atoms with Gasteiger partial charge in [-0.15, -0.1) is 0 Å². The summed E-state index contributed by atoms with van der Waals surface area (Å²) in [5.41, 5.74) is 0.784. The van der Waals surface area contributed by atoms with Crippen LogP contribution in [0.4, 0.5) is 11.4 Å². The lowest BCUT2D eigenvalue weighted by molar-refractivity contribution is -0.133. The van der Waals surface area contributed by atoms with Crippen molar-refractivity contribution < 1.29 is 28.5 Å². The first-order valence-corrected chi connectivity index (χ1v) is 7.84. The molecule has 0 fully saturated rings. The van der Waals surface area contributed by atoms with Gasteiger partial charge in [-0.05, 0) is 24.3 Å². The quantitative estimate of drug-likeness (QED) is 0.813. The van der Waals surface area contributed by atoms with Gasteiger partial charge < -0.3 is 29.6 Å². The van der Waals surface area contributed by atoms with E-state index in [4.69, 9.17) is 18.9 Å². The van der Waals surface area contributed by atoms with Gasteiger partial charge >= 0.3 is 11.8 Å². The van der Waals surface area contributed by atoms with Crippen LogP contribution in [0.15, 0.2) is 36.4 Å². The topological polar surface area (TPSA) is 95.1 Å². The van der Waals surface area contributed by atoms with E-state index >= 15 is 0 Å². The van der Waals surface area contributed by atoms with Crippen LogP contribution in [0.3, 0.4) is 0 Å². The molecule has 0 aliphatic carbocycles. The molecule has 0 atom stereocenters. The largest absolute Gasteiger partial charge is 0.497 e. The van der Waals surface area contributed by atoms with Crippen molar-refractivity contribution in [2.24, 2.45) is 0 Å². The highest BCUT2D eigenvalue weighted by Crippen LogP contribution is 2.32. The lowest BCUT2D eigenvalue weighted by Gasteiger charge is -2.19. The number of fused-ring (bicyclic) bond motifs is 1. The molecular formula is C18H18N2O6. The molecule has 8 heteroatoms. The van der Waals surface area contributed by atoms with E-state index in [1.807, 2.05) is 0 Å². The van der Waals surface area contributed by atoms with Crippen molar-refractivity contribution in [1.29, 1.82) is 0 Å². The fraction of sp³-hybridized carbons (Fsp3) is 0.222. The molecule has 1 aliphatic heterocycles. The van der Waals surface area contributed by atoms with Crippen molar-refractivity contribution in [3.8, 4) is 23.0 Å². The molecule has 8 nitrogen and oxygen atoms in total. The number of rotatable bonds is 4. The second kappa shape index (κ2) is 7.64. The van der Waals surface area contributed by atoms with Crippen molar-refractivity contribution >= 4 is 23.2 Å². The Hall–Kier alpha value is -3.42. The minimum absolute atomic E-state index is 0.357. The molecule has 2 N–H and O–H groups in total. The van der Waals surface area contributed by atoms with Crippen molar-refractivity contribution in [2.45, 2.75) is 0 Å². The zero-order valence-corrected chi connectivity index (χ0v) is 14.3. The first kappa shape index (κ1) is 17.4. The van der Waals surface area contributed by atoms with Crippen molar-refractivity contribution in [3.05, 3.63) is 36.4 Å². The highest BCUT2D eigenvalue weighted by molar-refractivity contribution is 6.43. The molecule has 0 saturated carbocycles. The van der Waals surface area contributed by atoms with Gasteiger partial charge in [0.1, 0.15) is 24.7 Å². The summed E-state index contributed by atoms with van der Waals surface area (Å²) < 4.78 is 21.1. The van der Waals surface area contributed by atoms with Crippen molar-refractivity contribution in [3.63, 3.8) is 0 Å². The number of nitrogens with one attached hydrogen (secondary N) is 2. The lowest BCUT2D eigenvalue weighted by atomic mass is 10.2. The van der Waals surface area contributed by atoms with Crippen LogP contribution in [-0.2, 0) is 9.59 Å². The van der Waals surface area contributed by atoms with Gasteiger partial charge in [-0.25, -0.2) is 0 Å². The number of ether oxygens (including phenoxy) is 4. The molecule has 26 heavy (non-hydrogen) atoms. The second-order valence-corrected chi connectivity index (χ2v) is 5.33. The summed E-state index contributed by atoms with van der Waals surface area (Å²) in [5, 5.41) is 5.03. The summed E-state index contributed by atoms with van der Waals surface area (Å²) in [4.78, 5) is 24.3. The zero-order chi connectivity index (χ0) is 18.5. The van der Waals surface area contributed by atoms with Gasteiger partial charge in [0.2, 0.25) is 0 Å². The smallest absolute Gasteiger partial charge is 0.314 e. The number of amides is 2. The average molecular weight is 358 g/mol. The van der Waals surface area contributed by atoms with E-state index in [0.717, 1.165) is 0 Å². The Bertz CT molecular complexity index is 836. The van der Waals surface area contributed by atoms with Crippen LogP contribution < -0.4 is 29.6 Å². The fourth-order valence-electron chi connectivity index (χ4n) is 2.39. The number of hydrogen-bond donors (Lipinski definition) is 2. The van der Waals surface area contributed by atoms with E-state index in [1.54, 1.807) is 36.4 Å². The number of carbonyl (C=O) groups excluding carboxylic acids is 2. The van der Waals surface area contributed by atoms with Crippen molar-refractivity contribution in [2.75, 3.05) is 38.1 Å². The highest BCUT2D eigenvalue weighted by Gasteiger charge is 2.18. The standard InChI is InChI=1S/C18H18N2O6/c1-23-12-4-5-13(15(10-12)24-2)20-18(22)17(21)19-11-3-6-14-16(9-11)26-8-7-25-14/h3-6,9-10H,7-8H2,1-2H3,(H,19,21)(H,20,22). The molecule has 0 bridgehead atoms. The number of anilines is 2. The number of methoxy groups -OCH3 is 2. The van der Waals surface area contributed by atoms with Crippen molar-refractivity contribution in [1.82, 2.24) is 0 Å². The van der Waals surface area contributed by atoms with Crippen LogP contribution in [0.1, 0.15) is 0 Å². The molecule has 0 aromatic heterocycles. The maximum Gasteiger partial charge on any atom is 0.314 e. The SMILES string of the molecule is COc1ccc(NC(=O)C(=O)Nc2ccc3c(c2)OCCO3)c(OC)c1. The maximum absolute atomic E-state index is 12.2. The molecule has 136 valence electrons. The predicted octanol–water partition coefficient (Wildman–Crippen LogP) is 2.05. The van der Waals surface area contributed by atoms with Crippen LogP contribution >= 0.6 is 0 Å². The molecule has 1 aliphatic rings. The monoisotopic (exact) mass is 358 g/mol. The Morgan fingerprint density at radius 1 is 0.885 bits per heavy atom. The zero-order valence-electron chi connectivity index (χ0n) is 14.3. The van der Waals surface area contributed by atoms with Gasteiger partial charge in [0, 0.05) is 17.8 Å². The summed E-state index contributed by atoms with van der Waals surface area (Å²) in [6.45, 7) is 0.910. The summed E-state index contributed by atoms with van der Waals surface area (Å²) in [5.74, 6) is 0.418. The molecule has 2 amide bonds. The molecule has 0 unspecified atom stereocenters.